The zero-order valence-corrected chi connectivity index (χ0v) is 19.7. The van der Waals surface area contributed by atoms with Gasteiger partial charge in [-0.15, -0.1) is 11.3 Å². The molecule has 32 heavy (non-hydrogen) atoms. The number of rotatable bonds is 7. The Morgan fingerprint density at radius 1 is 1.19 bits per heavy atom. The summed E-state index contributed by atoms with van der Waals surface area (Å²) >= 11 is 1.42. The van der Waals surface area contributed by atoms with Crippen LogP contribution in [0.5, 0.6) is 0 Å². The molecule has 8 nitrogen and oxygen atoms in total. The zero-order chi connectivity index (χ0) is 22.7. The zero-order valence-electron chi connectivity index (χ0n) is 18.1. The van der Waals surface area contributed by atoms with Gasteiger partial charge in [-0.05, 0) is 25.5 Å². The van der Waals surface area contributed by atoms with Gasteiger partial charge < -0.3 is 14.2 Å². The average Bonchev–Trinajstić information content (AvgIpc) is 3.40. The van der Waals surface area contributed by atoms with Crippen molar-refractivity contribution in [3.63, 3.8) is 0 Å². The maximum Gasteiger partial charge on any atom is 0.242 e. The number of amides is 1. The summed E-state index contributed by atoms with van der Waals surface area (Å²) in [4.78, 5) is 19.2. The van der Waals surface area contributed by atoms with Crippen molar-refractivity contribution < 1.29 is 17.9 Å². The van der Waals surface area contributed by atoms with Crippen molar-refractivity contribution >= 4 is 27.3 Å². The molecule has 4 rings (SSSR count). The van der Waals surface area contributed by atoms with Crippen LogP contribution in [0.1, 0.15) is 16.8 Å². The lowest BCUT2D eigenvalue weighted by Gasteiger charge is -2.27. The van der Waals surface area contributed by atoms with Crippen molar-refractivity contribution in [2.75, 3.05) is 26.3 Å². The second kappa shape index (κ2) is 9.53. The van der Waals surface area contributed by atoms with Crippen LogP contribution in [0.2, 0.25) is 0 Å². The van der Waals surface area contributed by atoms with Crippen LogP contribution in [0.15, 0.2) is 46.8 Å². The minimum Gasteiger partial charge on any atom is -0.378 e. The molecule has 0 bridgehead atoms. The number of carbonyl (C=O) groups excluding carboxylic acids is 1. The molecule has 0 saturated carbocycles. The summed E-state index contributed by atoms with van der Waals surface area (Å²) in [7, 11) is -3.77. The van der Waals surface area contributed by atoms with E-state index < -0.39 is 10.0 Å². The molecule has 1 amide bonds. The van der Waals surface area contributed by atoms with Gasteiger partial charge in [0.25, 0.3) is 0 Å². The lowest BCUT2D eigenvalue weighted by molar-refractivity contribution is -0.135. The molecule has 0 unspecified atom stereocenters. The lowest BCUT2D eigenvalue weighted by atomic mass is 10.2. The minimum absolute atomic E-state index is 0.0431. The van der Waals surface area contributed by atoms with Gasteiger partial charge in [-0.25, -0.2) is 18.1 Å². The summed E-state index contributed by atoms with van der Waals surface area (Å²) in [6.07, 6.45) is 1.52. The highest BCUT2D eigenvalue weighted by Gasteiger charge is 2.23. The normalized spacial score (nSPS) is 14.6. The molecule has 1 N–H and O–H groups in total. The third-order valence-electron chi connectivity index (χ3n) is 5.28. The quantitative estimate of drug-likeness (QED) is 0.568. The molecule has 3 aromatic rings. The first kappa shape index (κ1) is 22.7. The van der Waals surface area contributed by atoms with Gasteiger partial charge in [-0.2, -0.15) is 0 Å². The number of aromatic nitrogens is 2. The van der Waals surface area contributed by atoms with Crippen molar-refractivity contribution in [2.24, 2.45) is 0 Å². The predicted molar refractivity (Wildman–Crippen MR) is 123 cm³/mol. The van der Waals surface area contributed by atoms with Gasteiger partial charge in [0.05, 0.1) is 18.9 Å². The van der Waals surface area contributed by atoms with Gasteiger partial charge in [-0.3, -0.25) is 4.79 Å². The maximum atomic E-state index is 13.0. The smallest absolute Gasteiger partial charge is 0.242 e. The van der Waals surface area contributed by atoms with Crippen molar-refractivity contribution in [2.45, 2.75) is 31.8 Å². The minimum atomic E-state index is -3.77. The number of benzene rings is 1. The maximum absolute atomic E-state index is 13.0. The van der Waals surface area contributed by atoms with Crippen LogP contribution in [-0.2, 0) is 32.6 Å². The van der Waals surface area contributed by atoms with Crippen LogP contribution in [0.4, 0.5) is 0 Å². The Kier molecular flexibility index (Phi) is 6.75. The highest BCUT2D eigenvalue weighted by Crippen LogP contribution is 2.28. The van der Waals surface area contributed by atoms with Crippen LogP contribution in [0, 0.1) is 13.8 Å². The number of aryl methyl sites for hydroxylation is 2. The van der Waals surface area contributed by atoms with Crippen LogP contribution >= 0.6 is 11.3 Å². The van der Waals surface area contributed by atoms with E-state index in [0.717, 1.165) is 16.8 Å². The highest BCUT2D eigenvalue weighted by atomic mass is 32.2. The second-order valence-electron chi connectivity index (χ2n) is 7.79. The van der Waals surface area contributed by atoms with Gasteiger partial charge >= 0.3 is 0 Å². The highest BCUT2D eigenvalue weighted by molar-refractivity contribution is 7.89. The number of sulfonamides is 1. The van der Waals surface area contributed by atoms with Crippen LogP contribution in [-0.4, -0.2) is 55.1 Å². The molecular weight excluding hydrogens is 448 g/mol. The van der Waals surface area contributed by atoms with E-state index in [2.05, 4.69) is 9.71 Å². The molecule has 0 aliphatic carbocycles. The van der Waals surface area contributed by atoms with E-state index in [9.17, 15) is 13.2 Å². The molecule has 1 saturated heterocycles. The Bertz CT molecular complexity index is 1190. The van der Waals surface area contributed by atoms with Gasteiger partial charge in [0, 0.05) is 36.9 Å². The lowest BCUT2D eigenvalue weighted by Crippen LogP contribution is -2.42. The number of ether oxygens (including phenoxy) is 1. The third-order valence-corrected chi connectivity index (χ3v) is 7.63. The first-order valence-electron chi connectivity index (χ1n) is 10.4. The Balaban J connectivity index is 1.59. The predicted octanol–water partition coefficient (Wildman–Crippen LogP) is 2.57. The molecule has 0 atom stereocenters. The summed E-state index contributed by atoms with van der Waals surface area (Å²) < 4.78 is 35.7. The van der Waals surface area contributed by atoms with E-state index in [1.54, 1.807) is 15.5 Å². The molecule has 1 aliphatic rings. The van der Waals surface area contributed by atoms with Gasteiger partial charge in [0.15, 0.2) is 0 Å². The molecule has 1 aliphatic heterocycles. The number of hydrogen-bond donors (Lipinski definition) is 1. The number of carbonyl (C=O) groups is 1. The number of hydrogen-bond acceptors (Lipinski definition) is 6. The Morgan fingerprint density at radius 2 is 1.91 bits per heavy atom. The van der Waals surface area contributed by atoms with Crippen LogP contribution < -0.4 is 4.72 Å². The molecule has 1 aromatic carbocycles. The number of nitrogens with one attached hydrogen (secondary N) is 1. The summed E-state index contributed by atoms with van der Waals surface area (Å²) in [6, 6.07) is 9.27. The standard InChI is InChI=1S/C22H26N4O4S2/c1-16-3-5-18(6-4-16)12-23-32(28,29)19-11-20(22-24-17(2)15-31-22)26(13-19)14-21(27)25-7-9-30-10-8-25/h3-6,11,13,15,23H,7-10,12,14H2,1-2H3. The monoisotopic (exact) mass is 474 g/mol. The average molecular weight is 475 g/mol. The van der Waals surface area contributed by atoms with E-state index >= 15 is 0 Å². The first-order valence-corrected chi connectivity index (χ1v) is 12.7. The van der Waals surface area contributed by atoms with Crippen molar-refractivity contribution in [3.05, 3.63) is 58.7 Å². The number of thiazole rings is 1. The SMILES string of the molecule is Cc1ccc(CNS(=O)(=O)c2cc(-c3nc(C)cs3)n(CC(=O)N3CCOCC3)c2)cc1. The third kappa shape index (κ3) is 5.26. The molecule has 1 fully saturated rings. The van der Waals surface area contributed by atoms with Gasteiger partial charge in [0.2, 0.25) is 15.9 Å². The molecule has 2 aromatic heterocycles. The fourth-order valence-electron chi connectivity index (χ4n) is 3.44. The molecular formula is C22H26N4O4S2. The van der Waals surface area contributed by atoms with Crippen molar-refractivity contribution in [1.82, 2.24) is 19.2 Å². The first-order chi connectivity index (χ1) is 15.3. The van der Waals surface area contributed by atoms with Crippen molar-refractivity contribution in [3.8, 4) is 10.7 Å². The fraction of sp³-hybridized carbons (Fsp3) is 0.364. The molecule has 0 radical (unpaired) electrons. The Hall–Kier alpha value is -2.53. The molecule has 3 heterocycles. The summed E-state index contributed by atoms with van der Waals surface area (Å²) in [5.74, 6) is -0.0741. The van der Waals surface area contributed by atoms with Gasteiger partial charge in [0.1, 0.15) is 16.4 Å². The Labute approximate surface area is 191 Å². The fourth-order valence-corrected chi connectivity index (χ4v) is 5.32. The van der Waals surface area contributed by atoms with Crippen LogP contribution in [0.3, 0.4) is 0 Å². The topological polar surface area (TPSA) is 93.5 Å². The van der Waals surface area contributed by atoms with Gasteiger partial charge in [-0.1, -0.05) is 29.8 Å². The summed E-state index contributed by atoms with van der Waals surface area (Å²) in [5.41, 5.74) is 3.44. The van der Waals surface area contributed by atoms with E-state index in [4.69, 9.17) is 4.74 Å². The molecule has 10 heteroatoms. The second-order valence-corrected chi connectivity index (χ2v) is 10.4. The Morgan fingerprint density at radius 3 is 2.56 bits per heavy atom. The van der Waals surface area contributed by atoms with E-state index in [-0.39, 0.29) is 23.9 Å². The van der Waals surface area contributed by atoms with E-state index in [0.29, 0.717) is 37.0 Å². The van der Waals surface area contributed by atoms with E-state index in [1.807, 2.05) is 43.5 Å². The largest absolute Gasteiger partial charge is 0.378 e. The van der Waals surface area contributed by atoms with E-state index in [1.165, 1.54) is 17.5 Å². The molecule has 170 valence electrons. The summed E-state index contributed by atoms with van der Waals surface area (Å²) in [5, 5.41) is 2.58. The molecule has 0 spiro atoms. The van der Waals surface area contributed by atoms with Crippen molar-refractivity contribution in [1.29, 1.82) is 0 Å². The van der Waals surface area contributed by atoms with Crippen LogP contribution in [0.25, 0.3) is 10.7 Å². The summed E-state index contributed by atoms with van der Waals surface area (Å²) in [6.45, 7) is 6.19. The number of morpholine rings is 1. The number of nitrogens with zero attached hydrogens (tertiary/aromatic N) is 3.